The first-order chi connectivity index (χ1) is 10.9. The molecule has 2 aromatic heterocycles. The van der Waals surface area contributed by atoms with Gasteiger partial charge in [0.2, 0.25) is 5.95 Å². The number of nitrogen functional groups attached to an aromatic ring is 2. The van der Waals surface area contributed by atoms with Crippen molar-refractivity contribution in [2.75, 3.05) is 25.6 Å². The summed E-state index contributed by atoms with van der Waals surface area (Å²) in [6, 6.07) is 7.17. The van der Waals surface area contributed by atoms with Crippen molar-refractivity contribution in [1.82, 2.24) is 14.9 Å². The van der Waals surface area contributed by atoms with Crippen LogP contribution in [-0.2, 0) is 0 Å². The summed E-state index contributed by atoms with van der Waals surface area (Å²) < 4.78 is 0. The molecule has 0 radical (unpaired) electrons. The lowest BCUT2D eigenvalue weighted by Crippen LogP contribution is -2.21. The van der Waals surface area contributed by atoms with Gasteiger partial charge in [0.25, 0.3) is 5.91 Å². The van der Waals surface area contributed by atoms with Crippen molar-refractivity contribution in [2.45, 2.75) is 0 Å². The zero-order valence-electron chi connectivity index (χ0n) is 12.5. The van der Waals surface area contributed by atoms with Crippen molar-refractivity contribution >= 4 is 50.7 Å². The first kappa shape index (κ1) is 15.5. The summed E-state index contributed by atoms with van der Waals surface area (Å²) in [5.41, 5.74) is 13.8. The highest BCUT2D eigenvalue weighted by Gasteiger charge is 2.22. The molecule has 1 aromatic carbocycles. The first-order valence-corrected chi connectivity index (χ1v) is 7.91. The van der Waals surface area contributed by atoms with Gasteiger partial charge in [0, 0.05) is 24.7 Å². The van der Waals surface area contributed by atoms with Crippen molar-refractivity contribution in [3.8, 4) is 11.3 Å². The molecule has 0 saturated heterocycles. The van der Waals surface area contributed by atoms with E-state index in [9.17, 15) is 4.79 Å². The predicted molar refractivity (Wildman–Crippen MR) is 94.7 cm³/mol. The van der Waals surface area contributed by atoms with Gasteiger partial charge in [-0.15, -0.1) is 11.3 Å². The number of benzene rings is 1. The Morgan fingerprint density at radius 1 is 1.17 bits per heavy atom. The van der Waals surface area contributed by atoms with E-state index in [2.05, 4.69) is 9.97 Å². The summed E-state index contributed by atoms with van der Waals surface area (Å²) >= 11 is 7.14. The molecular formula is C15H14ClN5OS. The van der Waals surface area contributed by atoms with E-state index in [1.807, 2.05) is 12.1 Å². The minimum Gasteiger partial charge on any atom is -0.397 e. The number of fused-ring (bicyclic) bond motifs is 1. The van der Waals surface area contributed by atoms with Gasteiger partial charge in [0.15, 0.2) is 0 Å². The molecule has 0 aliphatic carbocycles. The van der Waals surface area contributed by atoms with E-state index in [1.165, 1.54) is 16.2 Å². The molecule has 0 atom stereocenters. The minimum absolute atomic E-state index is 0.132. The fourth-order valence-corrected chi connectivity index (χ4v) is 3.47. The second kappa shape index (κ2) is 5.68. The van der Waals surface area contributed by atoms with Crippen LogP contribution in [0.2, 0.25) is 5.02 Å². The average molecular weight is 348 g/mol. The third-order valence-electron chi connectivity index (χ3n) is 3.32. The molecule has 0 bridgehead atoms. The highest BCUT2D eigenvalue weighted by atomic mass is 35.5. The van der Waals surface area contributed by atoms with Gasteiger partial charge in [-0.3, -0.25) is 4.79 Å². The zero-order valence-corrected chi connectivity index (χ0v) is 14.1. The number of aromatic nitrogens is 2. The monoisotopic (exact) mass is 347 g/mol. The molecule has 0 fully saturated rings. The summed E-state index contributed by atoms with van der Waals surface area (Å²) in [4.78, 5) is 23.3. The van der Waals surface area contributed by atoms with Gasteiger partial charge >= 0.3 is 0 Å². The van der Waals surface area contributed by atoms with Crippen molar-refractivity contribution in [1.29, 1.82) is 0 Å². The molecule has 0 spiro atoms. The van der Waals surface area contributed by atoms with Crippen molar-refractivity contribution in [3.63, 3.8) is 0 Å². The fourth-order valence-electron chi connectivity index (χ4n) is 2.22. The average Bonchev–Trinajstić information content (AvgIpc) is 2.83. The van der Waals surface area contributed by atoms with Gasteiger partial charge in [0.1, 0.15) is 9.71 Å². The van der Waals surface area contributed by atoms with Crippen molar-refractivity contribution in [2.24, 2.45) is 0 Å². The molecule has 4 N–H and O–H groups in total. The summed E-state index contributed by atoms with van der Waals surface area (Å²) in [6.07, 6.45) is 0. The number of hydrogen-bond donors (Lipinski definition) is 2. The van der Waals surface area contributed by atoms with Gasteiger partial charge in [0.05, 0.1) is 16.8 Å². The molecule has 23 heavy (non-hydrogen) atoms. The van der Waals surface area contributed by atoms with E-state index < -0.39 is 0 Å². The number of amides is 1. The predicted octanol–water partition coefficient (Wildman–Crippen LogP) is 2.88. The molecule has 3 aromatic rings. The molecule has 0 unspecified atom stereocenters. The summed E-state index contributed by atoms with van der Waals surface area (Å²) in [6.45, 7) is 0. The SMILES string of the molecule is CN(C)C(=O)c1sc2nc(N)nc(-c3ccc(Cl)cc3)c2c1N. The lowest BCUT2D eigenvalue weighted by Gasteiger charge is -2.09. The van der Waals surface area contributed by atoms with Crippen LogP contribution < -0.4 is 11.5 Å². The largest absolute Gasteiger partial charge is 0.397 e. The number of nitrogens with two attached hydrogens (primary N) is 2. The van der Waals surface area contributed by atoms with Crippen LogP contribution in [0.1, 0.15) is 9.67 Å². The van der Waals surface area contributed by atoms with E-state index in [1.54, 1.807) is 26.2 Å². The van der Waals surface area contributed by atoms with Crippen LogP contribution in [-0.4, -0.2) is 34.9 Å². The summed E-state index contributed by atoms with van der Waals surface area (Å²) in [7, 11) is 3.35. The van der Waals surface area contributed by atoms with Gasteiger partial charge in [-0.2, -0.15) is 0 Å². The van der Waals surface area contributed by atoms with Gasteiger partial charge in [-0.1, -0.05) is 23.7 Å². The standard InChI is InChI=1S/C15H14ClN5OS/c1-21(2)14(22)12-10(17)9-11(7-3-5-8(16)6-4-7)19-15(18)20-13(9)23-12/h3-6H,17H2,1-2H3,(H2,18,19,20). The smallest absolute Gasteiger partial charge is 0.265 e. The molecule has 3 rings (SSSR count). The number of rotatable bonds is 2. The minimum atomic E-state index is -0.175. The topological polar surface area (TPSA) is 98.1 Å². The summed E-state index contributed by atoms with van der Waals surface area (Å²) in [5, 5.41) is 1.26. The van der Waals surface area contributed by atoms with Crippen LogP contribution in [0.4, 0.5) is 11.6 Å². The summed E-state index contributed by atoms with van der Waals surface area (Å²) in [5.74, 6) is -0.0429. The van der Waals surface area contributed by atoms with Crippen LogP contribution in [0.5, 0.6) is 0 Å². The Kier molecular flexibility index (Phi) is 3.83. The van der Waals surface area contributed by atoms with Crippen LogP contribution in [0.15, 0.2) is 24.3 Å². The van der Waals surface area contributed by atoms with Gasteiger partial charge < -0.3 is 16.4 Å². The van der Waals surface area contributed by atoms with Crippen LogP contribution in [0, 0.1) is 0 Å². The Labute approximate surface area is 141 Å². The van der Waals surface area contributed by atoms with E-state index in [0.717, 1.165) is 5.56 Å². The first-order valence-electron chi connectivity index (χ1n) is 6.71. The maximum absolute atomic E-state index is 12.3. The number of carbonyl (C=O) groups is 1. The number of hydrogen-bond acceptors (Lipinski definition) is 6. The maximum Gasteiger partial charge on any atom is 0.265 e. The highest BCUT2D eigenvalue weighted by Crippen LogP contribution is 2.39. The van der Waals surface area contributed by atoms with Crippen molar-refractivity contribution < 1.29 is 4.79 Å². The number of halogens is 1. The van der Waals surface area contributed by atoms with Crippen LogP contribution in [0.25, 0.3) is 21.5 Å². The molecule has 2 heterocycles. The number of nitrogens with zero attached hydrogens (tertiary/aromatic N) is 3. The highest BCUT2D eigenvalue weighted by molar-refractivity contribution is 7.21. The molecule has 6 nitrogen and oxygen atoms in total. The lowest BCUT2D eigenvalue weighted by atomic mass is 10.1. The third kappa shape index (κ3) is 2.69. The normalized spacial score (nSPS) is 10.9. The number of thiophene rings is 1. The second-order valence-corrected chi connectivity index (χ2v) is 6.60. The van der Waals surface area contributed by atoms with E-state index in [0.29, 0.717) is 31.5 Å². The van der Waals surface area contributed by atoms with Gasteiger partial charge in [-0.25, -0.2) is 9.97 Å². The lowest BCUT2D eigenvalue weighted by molar-refractivity contribution is 0.0833. The third-order valence-corrected chi connectivity index (χ3v) is 4.66. The number of carbonyl (C=O) groups excluding carboxylic acids is 1. The molecule has 118 valence electrons. The maximum atomic E-state index is 12.3. The number of anilines is 2. The Bertz CT molecular complexity index is 904. The van der Waals surface area contributed by atoms with E-state index >= 15 is 0 Å². The molecule has 0 aliphatic rings. The molecule has 0 saturated carbocycles. The molecule has 8 heteroatoms. The van der Waals surface area contributed by atoms with E-state index in [-0.39, 0.29) is 11.9 Å². The Morgan fingerprint density at radius 3 is 2.43 bits per heavy atom. The Morgan fingerprint density at radius 2 is 1.83 bits per heavy atom. The second-order valence-electron chi connectivity index (χ2n) is 5.16. The molecule has 1 amide bonds. The Hall–Kier alpha value is -2.38. The van der Waals surface area contributed by atoms with Crippen LogP contribution >= 0.6 is 22.9 Å². The van der Waals surface area contributed by atoms with Crippen LogP contribution in [0.3, 0.4) is 0 Å². The molecular weight excluding hydrogens is 334 g/mol. The van der Waals surface area contributed by atoms with E-state index in [4.69, 9.17) is 23.1 Å². The fraction of sp³-hybridized carbons (Fsp3) is 0.133. The van der Waals surface area contributed by atoms with Crippen molar-refractivity contribution in [3.05, 3.63) is 34.2 Å². The molecule has 0 aliphatic heterocycles. The Balaban J connectivity index is 2.30. The quantitative estimate of drug-likeness (QED) is 0.742. The van der Waals surface area contributed by atoms with Gasteiger partial charge in [-0.05, 0) is 12.1 Å². The zero-order chi connectivity index (χ0) is 16.7.